The van der Waals surface area contributed by atoms with Crippen LogP contribution < -0.4 is 16.4 Å². The Kier molecular flexibility index (Phi) is 4.42. The van der Waals surface area contributed by atoms with Gasteiger partial charge in [-0.2, -0.15) is 0 Å². The van der Waals surface area contributed by atoms with Crippen molar-refractivity contribution in [2.75, 3.05) is 19.6 Å². The largest absolute Gasteiger partial charge is 0.328 e. The van der Waals surface area contributed by atoms with Crippen molar-refractivity contribution in [2.24, 2.45) is 11.7 Å². The van der Waals surface area contributed by atoms with Gasteiger partial charge in [0.15, 0.2) is 0 Å². The molecule has 15 heavy (non-hydrogen) atoms. The van der Waals surface area contributed by atoms with Gasteiger partial charge in [0.1, 0.15) is 0 Å². The quantitative estimate of drug-likeness (QED) is 0.547. The minimum absolute atomic E-state index is 0.454. The molecule has 2 aliphatic carbocycles. The lowest BCUT2D eigenvalue weighted by molar-refractivity contribution is 0.496. The molecule has 2 fully saturated rings. The van der Waals surface area contributed by atoms with Crippen LogP contribution in [0.3, 0.4) is 0 Å². The molecule has 2 unspecified atom stereocenters. The van der Waals surface area contributed by atoms with Gasteiger partial charge in [0, 0.05) is 12.1 Å². The van der Waals surface area contributed by atoms with Gasteiger partial charge in [0.2, 0.25) is 0 Å². The summed E-state index contributed by atoms with van der Waals surface area (Å²) in [6, 6.07) is 1.15. The molecular weight excluding hydrogens is 186 g/mol. The van der Waals surface area contributed by atoms with E-state index in [9.17, 15) is 0 Å². The minimum Gasteiger partial charge on any atom is -0.328 e. The Balaban J connectivity index is 1.38. The topological polar surface area (TPSA) is 50.1 Å². The number of hydrogen-bond donors (Lipinski definition) is 3. The summed E-state index contributed by atoms with van der Waals surface area (Å²) in [5, 5.41) is 7.11. The normalized spacial score (nSPS) is 31.0. The minimum atomic E-state index is 0.454. The summed E-state index contributed by atoms with van der Waals surface area (Å²) in [5.41, 5.74) is 5.86. The van der Waals surface area contributed by atoms with Gasteiger partial charge in [-0.3, -0.25) is 0 Å². The molecule has 0 aromatic rings. The number of rotatable bonds is 7. The van der Waals surface area contributed by atoms with E-state index in [1.54, 1.807) is 0 Å². The SMILES string of the molecule is NC1CCC(NCCCNCC2CC2)C1. The van der Waals surface area contributed by atoms with Gasteiger partial charge in [-0.25, -0.2) is 0 Å². The van der Waals surface area contributed by atoms with Gasteiger partial charge < -0.3 is 16.4 Å². The molecule has 0 spiro atoms. The smallest absolute Gasteiger partial charge is 0.00823 e. The fraction of sp³-hybridized carbons (Fsp3) is 1.00. The predicted octanol–water partition coefficient (Wildman–Crippen LogP) is 0.845. The van der Waals surface area contributed by atoms with E-state index in [0.717, 1.165) is 12.5 Å². The highest BCUT2D eigenvalue weighted by Crippen LogP contribution is 2.27. The van der Waals surface area contributed by atoms with E-state index >= 15 is 0 Å². The summed E-state index contributed by atoms with van der Waals surface area (Å²) in [7, 11) is 0. The van der Waals surface area contributed by atoms with Crippen LogP contribution in [0.25, 0.3) is 0 Å². The van der Waals surface area contributed by atoms with Crippen LogP contribution in [0.2, 0.25) is 0 Å². The van der Waals surface area contributed by atoms with Crippen LogP contribution in [0.5, 0.6) is 0 Å². The van der Waals surface area contributed by atoms with Crippen LogP contribution >= 0.6 is 0 Å². The van der Waals surface area contributed by atoms with Gasteiger partial charge in [0.25, 0.3) is 0 Å². The average molecular weight is 211 g/mol. The maximum absolute atomic E-state index is 5.86. The highest BCUT2D eigenvalue weighted by Gasteiger charge is 2.21. The van der Waals surface area contributed by atoms with Gasteiger partial charge in [0.05, 0.1) is 0 Å². The second-order valence-corrected chi connectivity index (χ2v) is 5.23. The Labute approximate surface area is 93.2 Å². The van der Waals surface area contributed by atoms with Crippen molar-refractivity contribution in [3.63, 3.8) is 0 Å². The summed E-state index contributed by atoms with van der Waals surface area (Å²) in [5.74, 6) is 1.01. The third-order valence-corrected chi connectivity index (χ3v) is 3.57. The maximum Gasteiger partial charge on any atom is 0.00823 e. The van der Waals surface area contributed by atoms with E-state index in [1.807, 2.05) is 0 Å². The molecule has 2 rings (SSSR count). The monoisotopic (exact) mass is 211 g/mol. The molecule has 0 amide bonds. The molecule has 3 heteroatoms. The summed E-state index contributed by atoms with van der Waals surface area (Å²) >= 11 is 0. The van der Waals surface area contributed by atoms with E-state index in [4.69, 9.17) is 5.73 Å². The van der Waals surface area contributed by atoms with E-state index in [-0.39, 0.29) is 0 Å². The molecule has 0 heterocycles. The zero-order valence-electron chi connectivity index (χ0n) is 9.67. The predicted molar refractivity (Wildman–Crippen MR) is 63.8 cm³/mol. The average Bonchev–Trinajstić information content (AvgIpc) is 2.95. The van der Waals surface area contributed by atoms with Crippen molar-refractivity contribution in [3.8, 4) is 0 Å². The van der Waals surface area contributed by atoms with Gasteiger partial charge in [-0.1, -0.05) is 0 Å². The van der Waals surface area contributed by atoms with E-state index in [1.165, 1.54) is 51.6 Å². The van der Waals surface area contributed by atoms with Crippen molar-refractivity contribution in [1.82, 2.24) is 10.6 Å². The Morgan fingerprint density at radius 1 is 1.07 bits per heavy atom. The first kappa shape index (κ1) is 11.4. The highest BCUT2D eigenvalue weighted by molar-refractivity contribution is 4.82. The van der Waals surface area contributed by atoms with Crippen molar-refractivity contribution in [3.05, 3.63) is 0 Å². The van der Waals surface area contributed by atoms with Crippen molar-refractivity contribution >= 4 is 0 Å². The van der Waals surface area contributed by atoms with Gasteiger partial charge in [-0.05, 0) is 64.1 Å². The third-order valence-electron chi connectivity index (χ3n) is 3.57. The molecular formula is C12H25N3. The Bertz CT molecular complexity index is 180. The zero-order valence-corrected chi connectivity index (χ0v) is 9.67. The van der Waals surface area contributed by atoms with E-state index in [2.05, 4.69) is 10.6 Å². The number of hydrogen-bond acceptors (Lipinski definition) is 3. The number of nitrogens with one attached hydrogen (secondary N) is 2. The third kappa shape index (κ3) is 4.49. The van der Waals surface area contributed by atoms with Crippen LogP contribution in [-0.2, 0) is 0 Å². The summed E-state index contributed by atoms with van der Waals surface area (Å²) in [6.45, 7) is 3.56. The standard InChI is InChI=1S/C12H25N3/c13-11-4-5-12(8-11)15-7-1-6-14-9-10-2-3-10/h10-12,14-15H,1-9,13H2. The zero-order chi connectivity index (χ0) is 10.5. The molecule has 0 saturated heterocycles. The molecule has 0 aromatic heterocycles. The van der Waals surface area contributed by atoms with Crippen LogP contribution in [0.1, 0.15) is 38.5 Å². The second-order valence-electron chi connectivity index (χ2n) is 5.23. The molecule has 88 valence electrons. The lowest BCUT2D eigenvalue weighted by Gasteiger charge is -2.12. The Hall–Kier alpha value is -0.120. The van der Waals surface area contributed by atoms with Crippen LogP contribution in [-0.4, -0.2) is 31.7 Å². The fourth-order valence-corrected chi connectivity index (χ4v) is 2.35. The molecule has 3 nitrogen and oxygen atoms in total. The van der Waals surface area contributed by atoms with E-state index in [0.29, 0.717) is 12.1 Å². The first-order valence-electron chi connectivity index (χ1n) is 6.54. The molecule has 4 N–H and O–H groups in total. The lowest BCUT2D eigenvalue weighted by Crippen LogP contribution is -2.31. The molecule has 2 atom stereocenters. The first-order chi connectivity index (χ1) is 7.34. The molecule has 0 aliphatic heterocycles. The molecule has 0 aromatic carbocycles. The van der Waals surface area contributed by atoms with Crippen LogP contribution in [0.15, 0.2) is 0 Å². The summed E-state index contributed by atoms with van der Waals surface area (Å²) in [4.78, 5) is 0. The van der Waals surface area contributed by atoms with Crippen LogP contribution in [0.4, 0.5) is 0 Å². The van der Waals surface area contributed by atoms with Gasteiger partial charge >= 0.3 is 0 Å². The molecule has 2 aliphatic rings. The van der Waals surface area contributed by atoms with Crippen molar-refractivity contribution < 1.29 is 0 Å². The van der Waals surface area contributed by atoms with Crippen molar-refractivity contribution in [1.29, 1.82) is 0 Å². The summed E-state index contributed by atoms with van der Waals surface area (Å²) in [6.07, 6.45) is 7.80. The maximum atomic E-state index is 5.86. The number of nitrogens with two attached hydrogens (primary N) is 1. The second kappa shape index (κ2) is 5.83. The fourth-order valence-electron chi connectivity index (χ4n) is 2.35. The van der Waals surface area contributed by atoms with Crippen molar-refractivity contribution in [2.45, 2.75) is 50.6 Å². The highest BCUT2D eigenvalue weighted by atomic mass is 14.9. The van der Waals surface area contributed by atoms with Gasteiger partial charge in [-0.15, -0.1) is 0 Å². The molecule has 0 radical (unpaired) electrons. The molecule has 0 bridgehead atoms. The first-order valence-corrected chi connectivity index (χ1v) is 6.54. The summed E-state index contributed by atoms with van der Waals surface area (Å²) < 4.78 is 0. The Morgan fingerprint density at radius 2 is 1.93 bits per heavy atom. The molecule has 2 saturated carbocycles. The van der Waals surface area contributed by atoms with E-state index < -0.39 is 0 Å². The Morgan fingerprint density at radius 3 is 2.60 bits per heavy atom. The van der Waals surface area contributed by atoms with Crippen LogP contribution in [0, 0.1) is 5.92 Å². The lowest BCUT2D eigenvalue weighted by atomic mass is 10.2.